The second-order valence-electron chi connectivity index (χ2n) is 9.83. The van der Waals surface area contributed by atoms with Crippen molar-refractivity contribution in [3.8, 4) is 5.75 Å². The highest BCUT2D eigenvalue weighted by molar-refractivity contribution is 7.46. The lowest BCUT2D eigenvalue weighted by Gasteiger charge is -2.19. The molecule has 8 heteroatoms. The molecule has 1 rings (SSSR count). The number of amides is 1. The van der Waals surface area contributed by atoms with Crippen molar-refractivity contribution in [1.82, 2.24) is 5.32 Å². The van der Waals surface area contributed by atoms with Gasteiger partial charge in [0.25, 0.3) is 0 Å². The number of unbranched alkanes of at least 4 members (excludes halogenated alkanes) is 11. The maximum absolute atomic E-state index is 12.5. The summed E-state index contributed by atoms with van der Waals surface area (Å²) in [7, 11) is -4.63. The molecule has 0 radical (unpaired) electrons. The van der Waals surface area contributed by atoms with Gasteiger partial charge in [0.1, 0.15) is 12.4 Å². The van der Waals surface area contributed by atoms with Gasteiger partial charge in [-0.1, -0.05) is 95.2 Å². The zero-order chi connectivity index (χ0) is 27.9. The zero-order valence-corrected chi connectivity index (χ0v) is 24.2. The smallest absolute Gasteiger partial charge is 0.469 e. The standard InChI is InChI=1S/C30H50NO6P/c1-3-5-6-7-8-9-10-11-12-13-14-15-16-17-18-19-30(32)31-28(26-37-38(33,34)35)25-27-20-22-29(23-21-27)36-24-4-2/h4,11-12,20-23,28H,2-3,5-10,13-19,24-26H2,1H3,(H,31,32)(H2,33,34,35)/t28-/m0/s1. The summed E-state index contributed by atoms with van der Waals surface area (Å²) >= 11 is 0. The largest absolute Gasteiger partial charge is 0.490 e. The fraction of sp³-hybridized carbons (Fsp3) is 0.633. The van der Waals surface area contributed by atoms with E-state index in [1.807, 2.05) is 24.3 Å². The number of benzene rings is 1. The molecule has 0 aliphatic heterocycles. The lowest BCUT2D eigenvalue weighted by atomic mass is 10.1. The molecule has 38 heavy (non-hydrogen) atoms. The average Bonchev–Trinajstić information content (AvgIpc) is 2.88. The molecule has 7 nitrogen and oxygen atoms in total. The molecule has 0 spiro atoms. The summed E-state index contributed by atoms with van der Waals surface area (Å²) in [5, 5.41) is 2.88. The van der Waals surface area contributed by atoms with E-state index in [0.717, 1.165) is 37.7 Å². The second-order valence-corrected chi connectivity index (χ2v) is 11.1. The first-order valence-electron chi connectivity index (χ1n) is 14.3. The Hall–Kier alpha value is -1.92. The van der Waals surface area contributed by atoms with Crippen molar-refractivity contribution >= 4 is 13.7 Å². The molecule has 0 aliphatic rings. The van der Waals surface area contributed by atoms with E-state index in [2.05, 4.69) is 35.5 Å². The van der Waals surface area contributed by atoms with Crippen LogP contribution in [0.15, 0.2) is 49.1 Å². The van der Waals surface area contributed by atoms with Crippen molar-refractivity contribution < 1.29 is 28.4 Å². The maximum Gasteiger partial charge on any atom is 0.469 e. The number of hydrogen-bond acceptors (Lipinski definition) is 4. The van der Waals surface area contributed by atoms with E-state index in [4.69, 9.17) is 14.5 Å². The molecule has 0 heterocycles. The highest BCUT2D eigenvalue weighted by Gasteiger charge is 2.20. The number of nitrogens with one attached hydrogen (secondary N) is 1. The Kier molecular flexibility index (Phi) is 19.7. The topological polar surface area (TPSA) is 105 Å². The summed E-state index contributed by atoms with van der Waals surface area (Å²) in [6.45, 7) is 6.01. The van der Waals surface area contributed by atoms with Crippen molar-refractivity contribution in [1.29, 1.82) is 0 Å². The summed E-state index contributed by atoms with van der Waals surface area (Å²) in [5.74, 6) is 0.567. The lowest BCUT2D eigenvalue weighted by Crippen LogP contribution is -2.39. The minimum absolute atomic E-state index is 0.132. The van der Waals surface area contributed by atoms with Crippen LogP contribution >= 0.6 is 7.82 Å². The van der Waals surface area contributed by atoms with Crippen molar-refractivity contribution in [2.45, 2.75) is 109 Å². The van der Waals surface area contributed by atoms with Crippen LogP contribution in [0.1, 0.15) is 102 Å². The van der Waals surface area contributed by atoms with Gasteiger partial charge >= 0.3 is 7.82 Å². The minimum Gasteiger partial charge on any atom is -0.490 e. The number of carbonyl (C=O) groups is 1. The van der Waals surface area contributed by atoms with Crippen molar-refractivity contribution in [2.24, 2.45) is 0 Å². The molecule has 0 bridgehead atoms. The third kappa shape index (κ3) is 20.1. The van der Waals surface area contributed by atoms with Crippen LogP contribution in [0.3, 0.4) is 0 Å². The van der Waals surface area contributed by atoms with Gasteiger partial charge < -0.3 is 19.8 Å². The van der Waals surface area contributed by atoms with E-state index in [1.165, 1.54) is 51.4 Å². The predicted molar refractivity (Wildman–Crippen MR) is 155 cm³/mol. The van der Waals surface area contributed by atoms with Crippen LogP contribution in [0, 0.1) is 0 Å². The van der Waals surface area contributed by atoms with Crippen LogP contribution < -0.4 is 10.1 Å². The maximum atomic E-state index is 12.5. The molecule has 0 aromatic heterocycles. The van der Waals surface area contributed by atoms with Crippen LogP contribution in [0.25, 0.3) is 0 Å². The number of allylic oxidation sites excluding steroid dienone is 2. The van der Waals surface area contributed by atoms with Crippen molar-refractivity contribution in [3.63, 3.8) is 0 Å². The molecular weight excluding hydrogens is 501 g/mol. The van der Waals surface area contributed by atoms with Crippen molar-refractivity contribution in [2.75, 3.05) is 13.2 Å². The first kappa shape index (κ1) is 34.1. The van der Waals surface area contributed by atoms with Crippen LogP contribution in [-0.4, -0.2) is 34.9 Å². The number of carbonyl (C=O) groups excluding carboxylic acids is 1. The SMILES string of the molecule is C=CCOc1ccc(C[C@@H](COP(=O)(O)O)NC(=O)CCCCCCCC=CCCCCCCCC)cc1. The van der Waals surface area contributed by atoms with Gasteiger partial charge in [-0.2, -0.15) is 0 Å². The molecule has 0 saturated heterocycles. The van der Waals surface area contributed by atoms with E-state index in [-0.39, 0.29) is 12.5 Å². The lowest BCUT2D eigenvalue weighted by molar-refractivity contribution is -0.122. The van der Waals surface area contributed by atoms with Gasteiger partial charge in [-0.3, -0.25) is 9.32 Å². The highest BCUT2D eigenvalue weighted by atomic mass is 31.2. The molecule has 1 aromatic carbocycles. The molecule has 1 aromatic rings. The van der Waals surface area contributed by atoms with Gasteiger partial charge in [0.15, 0.2) is 0 Å². The van der Waals surface area contributed by atoms with Crippen LogP contribution in [0.5, 0.6) is 5.75 Å². The van der Waals surface area contributed by atoms with Gasteiger partial charge in [0.05, 0.1) is 12.6 Å². The molecule has 3 N–H and O–H groups in total. The third-order valence-corrected chi connectivity index (χ3v) is 6.73. The van der Waals surface area contributed by atoms with Gasteiger partial charge in [0, 0.05) is 6.42 Å². The summed E-state index contributed by atoms with van der Waals surface area (Å²) < 4.78 is 21.3. The Morgan fingerprint density at radius 2 is 1.53 bits per heavy atom. The quantitative estimate of drug-likeness (QED) is 0.0701. The van der Waals surface area contributed by atoms with Gasteiger partial charge in [-0.05, 0) is 56.2 Å². The fourth-order valence-electron chi connectivity index (χ4n) is 4.16. The van der Waals surface area contributed by atoms with Crippen molar-refractivity contribution in [3.05, 3.63) is 54.6 Å². The molecule has 216 valence electrons. The summed E-state index contributed by atoms with van der Waals surface area (Å²) in [4.78, 5) is 30.6. The molecule has 0 fully saturated rings. The number of rotatable bonds is 24. The Balaban J connectivity index is 2.24. The second kappa shape index (κ2) is 22.0. The average molecular weight is 552 g/mol. The monoisotopic (exact) mass is 551 g/mol. The fourth-order valence-corrected chi connectivity index (χ4v) is 4.53. The molecular formula is C30H50NO6P. The van der Waals surface area contributed by atoms with E-state index >= 15 is 0 Å². The molecule has 0 unspecified atom stereocenters. The van der Waals surface area contributed by atoms with Gasteiger partial charge in [0.2, 0.25) is 5.91 Å². The normalized spacial score (nSPS) is 12.5. The Morgan fingerprint density at radius 1 is 0.947 bits per heavy atom. The summed E-state index contributed by atoms with van der Waals surface area (Å²) in [6, 6.07) is 6.80. The number of ether oxygens (including phenoxy) is 1. The van der Waals surface area contributed by atoms with E-state index in [0.29, 0.717) is 25.2 Å². The van der Waals surface area contributed by atoms with Crippen LogP contribution in [-0.2, 0) is 20.3 Å². The van der Waals surface area contributed by atoms with E-state index < -0.39 is 13.9 Å². The Labute approximate surface area is 230 Å². The summed E-state index contributed by atoms with van der Waals surface area (Å²) in [6.07, 6.45) is 22.6. The Bertz CT molecular complexity index is 821. The van der Waals surface area contributed by atoms with E-state index in [9.17, 15) is 9.36 Å². The number of phosphoric acid groups is 1. The molecule has 0 saturated carbocycles. The van der Waals surface area contributed by atoms with Gasteiger partial charge in [-0.25, -0.2) is 4.57 Å². The van der Waals surface area contributed by atoms with E-state index in [1.54, 1.807) is 6.08 Å². The van der Waals surface area contributed by atoms with Crippen LogP contribution in [0.4, 0.5) is 0 Å². The molecule has 1 atom stereocenters. The van der Waals surface area contributed by atoms with Crippen LogP contribution in [0.2, 0.25) is 0 Å². The minimum atomic E-state index is -4.63. The highest BCUT2D eigenvalue weighted by Crippen LogP contribution is 2.35. The molecule has 0 aliphatic carbocycles. The third-order valence-electron chi connectivity index (χ3n) is 6.25. The molecule has 1 amide bonds. The first-order valence-corrected chi connectivity index (χ1v) is 15.8. The predicted octanol–water partition coefficient (Wildman–Crippen LogP) is 7.43. The number of hydrogen-bond donors (Lipinski definition) is 3. The zero-order valence-electron chi connectivity index (χ0n) is 23.3. The Morgan fingerprint density at radius 3 is 2.11 bits per heavy atom. The first-order chi connectivity index (χ1) is 18.3. The number of phosphoric ester groups is 1. The van der Waals surface area contributed by atoms with Gasteiger partial charge in [-0.15, -0.1) is 0 Å². The summed E-state index contributed by atoms with van der Waals surface area (Å²) in [5.41, 5.74) is 0.900.